The number of carbonyl (C=O) groups is 1. The van der Waals surface area contributed by atoms with Crippen LogP contribution in [0.3, 0.4) is 0 Å². The summed E-state index contributed by atoms with van der Waals surface area (Å²) in [7, 11) is 0. The summed E-state index contributed by atoms with van der Waals surface area (Å²) in [5, 5.41) is 3.31. The maximum absolute atomic E-state index is 12.6. The van der Waals surface area contributed by atoms with E-state index in [1.165, 1.54) is 12.8 Å². The average Bonchev–Trinajstić information content (AvgIpc) is 2.41. The highest BCUT2D eigenvalue weighted by molar-refractivity contribution is 9.10. The fourth-order valence-corrected chi connectivity index (χ4v) is 3.81. The summed E-state index contributed by atoms with van der Waals surface area (Å²) in [5.41, 5.74) is 1.81. The van der Waals surface area contributed by atoms with Crippen molar-refractivity contribution in [1.82, 2.24) is 5.32 Å². The number of aryl methyl sites for hydroxylation is 1. The molecule has 0 radical (unpaired) electrons. The average molecular weight is 352 g/mol. The molecule has 21 heavy (non-hydrogen) atoms. The van der Waals surface area contributed by atoms with Crippen LogP contribution in [0.5, 0.6) is 0 Å². The summed E-state index contributed by atoms with van der Waals surface area (Å²) < 4.78 is 0.954. The van der Waals surface area contributed by atoms with Gasteiger partial charge in [0.2, 0.25) is 0 Å². The van der Waals surface area contributed by atoms with Gasteiger partial charge in [0.1, 0.15) is 0 Å². The Balaban J connectivity index is 2.14. The first-order valence-electron chi connectivity index (χ1n) is 7.95. The third-order valence-corrected chi connectivity index (χ3v) is 5.28. The monoisotopic (exact) mass is 351 g/mol. The number of hydrogen-bond donors (Lipinski definition) is 1. The number of nitrogens with one attached hydrogen (secondary N) is 1. The van der Waals surface area contributed by atoms with E-state index < -0.39 is 0 Å². The number of rotatable bonds is 3. The van der Waals surface area contributed by atoms with E-state index in [2.05, 4.69) is 42.0 Å². The lowest BCUT2D eigenvalue weighted by atomic mass is 9.74. The van der Waals surface area contributed by atoms with Crippen molar-refractivity contribution in [3.63, 3.8) is 0 Å². The number of amides is 1. The van der Waals surface area contributed by atoms with Crippen LogP contribution < -0.4 is 5.32 Å². The zero-order valence-corrected chi connectivity index (χ0v) is 15.0. The van der Waals surface area contributed by atoms with Gasteiger partial charge in [-0.15, -0.1) is 0 Å². The Morgan fingerprint density at radius 2 is 2.05 bits per heavy atom. The highest BCUT2D eigenvalue weighted by atomic mass is 79.9. The minimum Gasteiger partial charge on any atom is -0.349 e. The molecule has 0 spiro atoms. The highest BCUT2D eigenvalue weighted by Crippen LogP contribution is 2.33. The van der Waals surface area contributed by atoms with E-state index >= 15 is 0 Å². The molecule has 1 fully saturated rings. The summed E-state index contributed by atoms with van der Waals surface area (Å²) in [6, 6.07) is 6.19. The van der Waals surface area contributed by atoms with Crippen molar-refractivity contribution in [2.45, 2.75) is 53.0 Å². The molecule has 0 aromatic heterocycles. The molecule has 2 rings (SSSR count). The third-order valence-electron chi connectivity index (χ3n) is 4.78. The maximum atomic E-state index is 12.6. The number of halogens is 1. The second kappa shape index (κ2) is 6.95. The van der Waals surface area contributed by atoms with Crippen LogP contribution in [0.1, 0.15) is 56.0 Å². The van der Waals surface area contributed by atoms with Gasteiger partial charge >= 0.3 is 0 Å². The van der Waals surface area contributed by atoms with Crippen molar-refractivity contribution in [1.29, 1.82) is 0 Å². The van der Waals surface area contributed by atoms with Gasteiger partial charge in [0, 0.05) is 16.1 Å². The van der Waals surface area contributed by atoms with Crippen LogP contribution in [0.2, 0.25) is 0 Å². The highest BCUT2D eigenvalue weighted by Gasteiger charge is 2.32. The summed E-state index contributed by atoms with van der Waals surface area (Å²) >= 11 is 3.45. The Morgan fingerprint density at radius 1 is 1.33 bits per heavy atom. The van der Waals surface area contributed by atoms with Gasteiger partial charge < -0.3 is 5.32 Å². The van der Waals surface area contributed by atoms with Crippen molar-refractivity contribution in [3.05, 3.63) is 33.8 Å². The molecule has 0 heterocycles. The third kappa shape index (κ3) is 4.09. The smallest absolute Gasteiger partial charge is 0.251 e. The largest absolute Gasteiger partial charge is 0.349 e. The number of hydrogen-bond acceptors (Lipinski definition) is 1. The molecule has 0 bridgehead atoms. The second-order valence-corrected chi connectivity index (χ2v) is 7.78. The molecule has 0 aliphatic heterocycles. The van der Waals surface area contributed by atoms with Crippen molar-refractivity contribution in [2.24, 2.45) is 17.8 Å². The number of benzene rings is 1. The molecule has 116 valence electrons. The molecule has 1 N–H and O–H groups in total. The summed E-state index contributed by atoms with van der Waals surface area (Å²) in [6.45, 7) is 8.82. The minimum atomic E-state index is 0.0681. The van der Waals surface area contributed by atoms with Gasteiger partial charge in [0.05, 0.1) is 0 Å². The Kier molecular flexibility index (Phi) is 5.48. The van der Waals surface area contributed by atoms with Crippen molar-refractivity contribution >= 4 is 21.8 Å². The Labute approximate surface area is 136 Å². The lowest BCUT2D eigenvalue weighted by molar-refractivity contribution is 0.0867. The molecule has 3 atom stereocenters. The lowest BCUT2D eigenvalue weighted by Crippen LogP contribution is -2.45. The molecule has 1 saturated carbocycles. The fraction of sp³-hybridized carbons (Fsp3) is 0.611. The molecule has 1 aliphatic carbocycles. The lowest BCUT2D eigenvalue weighted by Gasteiger charge is -2.37. The molecule has 1 aliphatic rings. The standard InChI is InChI=1S/C18H26BrNO/c1-11(2)15-8-5-12(3)9-17(15)20-18(21)16-10-14(19)7-6-13(16)4/h6-7,10-12,15,17H,5,8-9H2,1-4H3,(H,20,21). The van der Waals surface area contributed by atoms with Gasteiger partial charge in [-0.25, -0.2) is 0 Å². The molecule has 1 aromatic rings. The van der Waals surface area contributed by atoms with Crippen molar-refractivity contribution in [3.8, 4) is 0 Å². The van der Waals surface area contributed by atoms with Crippen LogP contribution >= 0.6 is 15.9 Å². The first kappa shape index (κ1) is 16.5. The first-order chi connectivity index (χ1) is 9.88. The van der Waals surface area contributed by atoms with Gasteiger partial charge in [-0.2, -0.15) is 0 Å². The molecule has 1 amide bonds. The van der Waals surface area contributed by atoms with E-state index in [-0.39, 0.29) is 5.91 Å². The summed E-state index contributed by atoms with van der Waals surface area (Å²) in [6.07, 6.45) is 3.61. The van der Waals surface area contributed by atoms with Crippen molar-refractivity contribution < 1.29 is 4.79 Å². The van der Waals surface area contributed by atoms with Crippen LogP contribution in [-0.4, -0.2) is 11.9 Å². The van der Waals surface area contributed by atoms with Gasteiger partial charge in [-0.05, 0) is 55.2 Å². The molecule has 3 heteroatoms. The van der Waals surface area contributed by atoms with Gasteiger partial charge in [0.25, 0.3) is 5.91 Å². The predicted octanol–water partition coefficient (Wildman–Crippen LogP) is 4.95. The van der Waals surface area contributed by atoms with Crippen LogP contribution in [0.4, 0.5) is 0 Å². The Hall–Kier alpha value is -0.830. The zero-order chi connectivity index (χ0) is 15.6. The summed E-state index contributed by atoms with van der Waals surface area (Å²) in [4.78, 5) is 12.6. The zero-order valence-electron chi connectivity index (χ0n) is 13.4. The number of carbonyl (C=O) groups excluding carboxylic acids is 1. The maximum Gasteiger partial charge on any atom is 0.251 e. The van der Waals surface area contributed by atoms with E-state index in [4.69, 9.17) is 0 Å². The SMILES string of the molecule is Cc1ccc(Br)cc1C(=O)NC1CC(C)CCC1C(C)C. The fourth-order valence-electron chi connectivity index (χ4n) is 3.45. The van der Waals surface area contributed by atoms with Gasteiger partial charge in [-0.3, -0.25) is 4.79 Å². The summed E-state index contributed by atoms with van der Waals surface area (Å²) in [5.74, 6) is 1.98. The normalized spacial score (nSPS) is 25.9. The van der Waals surface area contributed by atoms with E-state index in [0.29, 0.717) is 23.8 Å². The second-order valence-electron chi connectivity index (χ2n) is 6.87. The topological polar surface area (TPSA) is 29.1 Å². The van der Waals surface area contributed by atoms with Crippen LogP contribution in [0.25, 0.3) is 0 Å². The molecular formula is C18H26BrNO. The van der Waals surface area contributed by atoms with Gasteiger partial charge in [-0.1, -0.05) is 49.2 Å². The molecule has 1 aromatic carbocycles. The minimum absolute atomic E-state index is 0.0681. The van der Waals surface area contributed by atoms with E-state index in [1.807, 2.05) is 25.1 Å². The Bertz CT molecular complexity index is 512. The van der Waals surface area contributed by atoms with Crippen LogP contribution in [0, 0.1) is 24.7 Å². The van der Waals surface area contributed by atoms with E-state index in [0.717, 1.165) is 22.0 Å². The predicted molar refractivity (Wildman–Crippen MR) is 91.5 cm³/mol. The van der Waals surface area contributed by atoms with E-state index in [9.17, 15) is 4.79 Å². The molecule has 0 saturated heterocycles. The Morgan fingerprint density at radius 3 is 2.71 bits per heavy atom. The van der Waals surface area contributed by atoms with E-state index in [1.54, 1.807) is 0 Å². The van der Waals surface area contributed by atoms with Crippen molar-refractivity contribution in [2.75, 3.05) is 0 Å². The van der Waals surface area contributed by atoms with Gasteiger partial charge in [0.15, 0.2) is 0 Å². The molecule has 3 unspecified atom stereocenters. The first-order valence-corrected chi connectivity index (χ1v) is 8.74. The van der Waals surface area contributed by atoms with Crippen LogP contribution in [0.15, 0.2) is 22.7 Å². The molecule has 2 nitrogen and oxygen atoms in total. The quantitative estimate of drug-likeness (QED) is 0.820. The van der Waals surface area contributed by atoms with Crippen LogP contribution in [-0.2, 0) is 0 Å². The molecular weight excluding hydrogens is 326 g/mol.